The summed E-state index contributed by atoms with van der Waals surface area (Å²) in [5.41, 5.74) is 0. The maximum absolute atomic E-state index is 12.1. The van der Waals surface area contributed by atoms with E-state index in [0.717, 1.165) is 18.6 Å². The van der Waals surface area contributed by atoms with Gasteiger partial charge in [0.05, 0.1) is 4.75 Å². The zero-order chi connectivity index (χ0) is 10.2. The number of aryl methyl sites for hydroxylation is 1. The molecule has 1 unspecified atom stereocenters. The average Bonchev–Trinajstić information content (AvgIpc) is 2.74. The van der Waals surface area contributed by atoms with Crippen LogP contribution in [0.5, 0.6) is 0 Å². The van der Waals surface area contributed by atoms with Gasteiger partial charge in [-0.25, -0.2) is 4.98 Å². The van der Waals surface area contributed by atoms with Crippen LogP contribution in [0.25, 0.3) is 0 Å². The van der Waals surface area contributed by atoms with Crippen LogP contribution in [0.1, 0.15) is 30.4 Å². The van der Waals surface area contributed by atoms with Crippen molar-refractivity contribution in [2.75, 3.05) is 5.75 Å². The first-order valence-electron chi connectivity index (χ1n) is 4.79. The number of hydrogen-bond acceptors (Lipinski definition) is 3. The van der Waals surface area contributed by atoms with Crippen molar-refractivity contribution in [1.82, 2.24) is 9.55 Å². The molecule has 4 heteroatoms. The maximum Gasteiger partial charge on any atom is 0.213 e. The van der Waals surface area contributed by atoms with E-state index in [1.807, 2.05) is 20.2 Å². The van der Waals surface area contributed by atoms with Crippen LogP contribution in [0, 0.1) is 0 Å². The third-order valence-electron chi connectivity index (χ3n) is 2.72. The quantitative estimate of drug-likeness (QED) is 0.699. The van der Waals surface area contributed by atoms with Gasteiger partial charge >= 0.3 is 0 Å². The summed E-state index contributed by atoms with van der Waals surface area (Å²) in [6, 6.07) is 0. The third-order valence-corrected chi connectivity index (χ3v) is 4.24. The minimum absolute atomic E-state index is 0.174. The second-order valence-electron chi connectivity index (χ2n) is 3.87. The zero-order valence-corrected chi connectivity index (χ0v) is 9.30. The van der Waals surface area contributed by atoms with Gasteiger partial charge in [0.25, 0.3) is 0 Å². The van der Waals surface area contributed by atoms with Gasteiger partial charge in [-0.3, -0.25) is 4.79 Å². The van der Waals surface area contributed by atoms with Crippen molar-refractivity contribution in [3.05, 3.63) is 18.2 Å². The van der Waals surface area contributed by atoms with Crippen LogP contribution in [-0.2, 0) is 7.05 Å². The van der Waals surface area contributed by atoms with Crippen molar-refractivity contribution in [2.24, 2.45) is 7.05 Å². The molecule has 3 nitrogen and oxygen atoms in total. The Morgan fingerprint density at radius 2 is 2.50 bits per heavy atom. The molecule has 1 saturated heterocycles. The highest BCUT2D eigenvalue weighted by Crippen LogP contribution is 2.39. The molecular weight excluding hydrogens is 196 g/mol. The predicted molar refractivity (Wildman–Crippen MR) is 57.6 cm³/mol. The number of carbonyl (C=O) groups is 1. The molecule has 2 rings (SSSR count). The molecule has 1 aromatic rings. The summed E-state index contributed by atoms with van der Waals surface area (Å²) >= 11 is 1.76. The molecule has 1 aliphatic heterocycles. The van der Waals surface area contributed by atoms with Crippen molar-refractivity contribution < 1.29 is 4.79 Å². The van der Waals surface area contributed by atoms with Gasteiger partial charge in [-0.15, -0.1) is 11.8 Å². The molecule has 2 heterocycles. The first-order valence-corrected chi connectivity index (χ1v) is 5.78. The van der Waals surface area contributed by atoms with E-state index in [1.165, 1.54) is 0 Å². The first kappa shape index (κ1) is 9.77. The Morgan fingerprint density at radius 1 is 1.71 bits per heavy atom. The van der Waals surface area contributed by atoms with E-state index >= 15 is 0 Å². The van der Waals surface area contributed by atoms with Crippen molar-refractivity contribution in [3.8, 4) is 0 Å². The smallest absolute Gasteiger partial charge is 0.213 e. The van der Waals surface area contributed by atoms with Gasteiger partial charge in [0.15, 0.2) is 5.82 Å². The van der Waals surface area contributed by atoms with Gasteiger partial charge in [0, 0.05) is 19.4 Å². The molecule has 1 aliphatic rings. The van der Waals surface area contributed by atoms with Gasteiger partial charge in [-0.2, -0.15) is 0 Å². The van der Waals surface area contributed by atoms with Crippen LogP contribution < -0.4 is 0 Å². The van der Waals surface area contributed by atoms with Crippen LogP contribution in [0.4, 0.5) is 0 Å². The highest BCUT2D eigenvalue weighted by atomic mass is 32.2. The molecule has 0 bridgehead atoms. The topological polar surface area (TPSA) is 34.9 Å². The molecule has 0 N–H and O–H groups in total. The standard InChI is InChI=1S/C10H14N2OS/c1-10(4-3-7-14-10)8(13)9-11-5-6-12(9)2/h5-6H,3-4,7H2,1-2H3. The Morgan fingerprint density at radius 3 is 3.00 bits per heavy atom. The van der Waals surface area contributed by atoms with Gasteiger partial charge in [-0.1, -0.05) is 0 Å². The molecule has 0 aliphatic carbocycles. The maximum atomic E-state index is 12.1. The van der Waals surface area contributed by atoms with E-state index in [-0.39, 0.29) is 10.5 Å². The lowest BCUT2D eigenvalue weighted by Crippen LogP contribution is -2.30. The molecular formula is C10H14N2OS. The second kappa shape index (κ2) is 3.42. The lowest BCUT2D eigenvalue weighted by atomic mass is 10.00. The van der Waals surface area contributed by atoms with E-state index in [4.69, 9.17) is 0 Å². The SMILES string of the molecule is Cn1ccnc1C(=O)C1(C)CCCS1. The van der Waals surface area contributed by atoms with Crippen molar-refractivity contribution in [1.29, 1.82) is 0 Å². The van der Waals surface area contributed by atoms with Crippen LogP contribution in [0.3, 0.4) is 0 Å². The van der Waals surface area contributed by atoms with Crippen molar-refractivity contribution in [2.45, 2.75) is 24.5 Å². The van der Waals surface area contributed by atoms with Crippen molar-refractivity contribution >= 4 is 17.5 Å². The fourth-order valence-electron chi connectivity index (χ4n) is 1.78. The molecule has 1 aromatic heterocycles. The first-order chi connectivity index (χ1) is 6.63. The van der Waals surface area contributed by atoms with Gasteiger partial charge in [0.2, 0.25) is 5.78 Å². The van der Waals surface area contributed by atoms with Crippen LogP contribution in [0.2, 0.25) is 0 Å². The molecule has 1 fully saturated rings. The summed E-state index contributed by atoms with van der Waals surface area (Å²) in [6.07, 6.45) is 5.60. The molecule has 0 radical (unpaired) electrons. The predicted octanol–water partition coefficient (Wildman–Crippen LogP) is 1.89. The molecule has 14 heavy (non-hydrogen) atoms. The molecule has 0 amide bonds. The van der Waals surface area contributed by atoms with E-state index in [2.05, 4.69) is 4.98 Å². The van der Waals surface area contributed by atoms with Crippen LogP contribution in [-0.4, -0.2) is 25.8 Å². The normalized spacial score (nSPS) is 26.7. The molecule has 0 aromatic carbocycles. The number of rotatable bonds is 2. The summed E-state index contributed by atoms with van der Waals surface area (Å²) in [5, 5.41) is 0. The number of Topliss-reactive ketones (excluding diaryl/α,β-unsaturated/α-hetero) is 1. The highest BCUT2D eigenvalue weighted by Gasteiger charge is 2.39. The minimum Gasteiger partial charge on any atom is -0.332 e. The van der Waals surface area contributed by atoms with E-state index in [9.17, 15) is 4.79 Å². The number of aromatic nitrogens is 2. The summed E-state index contributed by atoms with van der Waals surface area (Å²) in [5.74, 6) is 1.85. The lowest BCUT2D eigenvalue weighted by molar-refractivity contribution is 0.0935. The number of thioether (sulfide) groups is 1. The van der Waals surface area contributed by atoms with E-state index in [1.54, 1.807) is 22.5 Å². The fourth-order valence-corrected chi connectivity index (χ4v) is 3.03. The Bertz CT molecular complexity index is 353. The van der Waals surface area contributed by atoms with Crippen molar-refractivity contribution in [3.63, 3.8) is 0 Å². The van der Waals surface area contributed by atoms with Crippen LogP contribution >= 0.6 is 11.8 Å². The third kappa shape index (κ3) is 1.47. The molecule has 0 spiro atoms. The van der Waals surface area contributed by atoms with Gasteiger partial charge in [0.1, 0.15) is 0 Å². The lowest BCUT2D eigenvalue weighted by Gasteiger charge is -2.19. The number of hydrogen-bond donors (Lipinski definition) is 0. The molecule has 76 valence electrons. The average molecular weight is 210 g/mol. The summed E-state index contributed by atoms with van der Waals surface area (Å²) in [4.78, 5) is 16.3. The minimum atomic E-state index is -0.237. The Balaban J connectivity index is 2.28. The van der Waals surface area contributed by atoms with Gasteiger partial charge < -0.3 is 4.57 Å². The fraction of sp³-hybridized carbons (Fsp3) is 0.600. The number of carbonyl (C=O) groups excluding carboxylic acids is 1. The Labute approximate surface area is 87.9 Å². The molecule has 1 atom stereocenters. The summed E-state index contributed by atoms with van der Waals surface area (Å²) < 4.78 is 1.56. The number of imidazole rings is 1. The van der Waals surface area contributed by atoms with E-state index in [0.29, 0.717) is 5.82 Å². The summed E-state index contributed by atoms with van der Waals surface area (Å²) in [6.45, 7) is 2.03. The number of nitrogens with zero attached hydrogens (tertiary/aromatic N) is 2. The van der Waals surface area contributed by atoms with Crippen LogP contribution in [0.15, 0.2) is 12.4 Å². The monoisotopic (exact) mass is 210 g/mol. The number of ketones is 1. The van der Waals surface area contributed by atoms with Gasteiger partial charge in [-0.05, 0) is 25.5 Å². The highest BCUT2D eigenvalue weighted by molar-refractivity contribution is 8.01. The largest absolute Gasteiger partial charge is 0.332 e. The Kier molecular flexibility index (Phi) is 2.39. The molecule has 0 saturated carbocycles. The second-order valence-corrected chi connectivity index (χ2v) is 5.47. The Hall–Kier alpha value is -0.770. The van der Waals surface area contributed by atoms with E-state index < -0.39 is 0 Å². The zero-order valence-electron chi connectivity index (χ0n) is 8.49. The summed E-state index contributed by atoms with van der Waals surface area (Å²) in [7, 11) is 1.86.